The fourth-order valence-corrected chi connectivity index (χ4v) is 2.39. The molecule has 2 heterocycles. The Kier molecular flexibility index (Phi) is 3.61. The smallest absolute Gasteiger partial charge is 0.124 e. The maximum Gasteiger partial charge on any atom is 0.124 e. The second-order valence-electron chi connectivity index (χ2n) is 3.62. The van der Waals surface area contributed by atoms with Crippen LogP contribution in [-0.4, -0.2) is 23.6 Å². The summed E-state index contributed by atoms with van der Waals surface area (Å²) in [5.41, 5.74) is 4.37. The summed E-state index contributed by atoms with van der Waals surface area (Å²) in [7, 11) is 1.95. The second kappa shape index (κ2) is 4.78. The molecule has 1 N–H and O–H groups in total. The molecule has 0 spiro atoms. The van der Waals surface area contributed by atoms with Crippen LogP contribution in [0.5, 0.6) is 0 Å². The zero-order valence-electron chi connectivity index (χ0n) is 8.50. The average molecular weight is 291 g/mol. The fraction of sp³-hybridized carbons (Fsp3) is 0.500. The van der Waals surface area contributed by atoms with Gasteiger partial charge in [0.25, 0.3) is 0 Å². The van der Waals surface area contributed by atoms with Crippen LogP contribution in [0.1, 0.15) is 24.4 Å². The zero-order valence-corrected chi connectivity index (χ0v) is 10.8. The Morgan fingerprint density at radius 3 is 3.13 bits per heavy atom. The molecule has 82 valence electrons. The predicted molar refractivity (Wildman–Crippen MR) is 64.7 cm³/mol. The van der Waals surface area contributed by atoms with Crippen molar-refractivity contribution in [2.45, 2.75) is 18.9 Å². The summed E-state index contributed by atoms with van der Waals surface area (Å²) in [6.45, 7) is 1.08. The maximum absolute atomic E-state index is 6.03. The molecule has 1 saturated heterocycles. The van der Waals surface area contributed by atoms with Crippen molar-refractivity contribution >= 4 is 27.5 Å². The summed E-state index contributed by atoms with van der Waals surface area (Å²) >= 11 is 9.33. The highest BCUT2D eigenvalue weighted by Crippen LogP contribution is 2.32. The van der Waals surface area contributed by atoms with Crippen LogP contribution in [0.4, 0.5) is 0 Å². The van der Waals surface area contributed by atoms with E-state index in [0.29, 0.717) is 15.7 Å². The number of nitrogens with zero attached hydrogens (tertiary/aromatic N) is 2. The predicted octanol–water partition coefficient (Wildman–Crippen LogP) is 2.77. The molecule has 0 aromatic carbocycles. The van der Waals surface area contributed by atoms with Gasteiger partial charge in [-0.3, -0.25) is 5.43 Å². The van der Waals surface area contributed by atoms with Crippen molar-refractivity contribution in [3.05, 3.63) is 27.5 Å². The number of halogens is 2. The Morgan fingerprint density at radius 1 is 1.67 bits per heavy atom. The van der Waals surface area contributed by atoms with Gasteiger partial charge in [0.05, 0.1) is 11.1 Å². The molecular formula is C10H13BrClN3. The van der Waals surface area contributed by atoms with Crippen molar-refractivity contribution in [3.63, 3.8) is 0 Å². The van der Waals surface area contributed by atoms with Crippen molar-refractivity contribution < 1.29 is 0 Å². The van der Waals surface area contributed by atoms with Gasteiger partial charge in [-0.15, -0.1) is 0 Å². The summed E-state index contributed by atoms with van der Waals surface area (Å²) in [4.78, 5) is 4.22. The van der Waals surface area contributed by atoms with E-state index in [1.165, 1.54) is 12.0 Å². The van der Waals surface area contributed by atoms with Gasteiger partial charge >= 0.3 is 0 Å². The van der Waals surface area contributed by atoms with Crippen LogP contribution in [0.3, 0.4) is 0 Å². The van der Waals surface area contributed by atoms with Crippen LogP contribution in [0.2, 0.25) is 5.02 Å². The van der Waals surface area contributed by atoms with E-state index in [2.05, 4.69) is 31.3 Å². The van der Waals surface area contributed by atoms with Gasteiger partial charge in [0, 0.05) is 12.7 Å². The van der Waals surface area contributed by atoms with E-state index in [1.807, 2.05) is 19.3 Å². The molecule has 0 saturated carbocycles. The summed E-state index contributed by atoms with van der Waals surface area (Å²) < 4.78 is 0.710. The first-order chi connectivity index (χ1) is 7.22. The third-order valence-corrected chi connectivity index (χ3v) is 3.89. The highest BCUT2D eigenvalue weighted by Gasteiger charge is 2.25. The van der Waals surface area contributed by atoms with Crippen molar-refractivity contribution in [1.82, 2.24) is 15.4 Å². The third-order valence-electron chi connectivity index (χ3n) is 2.74. The van der Waals surface area contributed by atoms with Gasteiger partial charge in [-0.2, -0.15) is 0 Å². The van der Waals surface area contributed by atoms with Crippen LogP contribution in [-0.2, 0) is 0 Å². The lowest BCUT2D eigenvalue weighted by Crippen LogP contribution is -2.34. The molecule has 1 aromatic heterocycles. The topological polar surface area (TPSA) is 28.2 Å². The Labute approximate surface area is 103 Å². The van der Waals surface area contributed by atoms with E-state index < -0.39 is 0 Å². The van der Waals surface area contributed by atoms with Gasteiger partial charge in [0.1, 0.15) is 4.60 Å². The standard InChI is InChI=1S/C10H13BrClN3/c1-13-15-4-2-3-9(15)7-5-8(12)10(11)14-6-7/h5-6,9,13H,2-4H2,1H3/t9-/m0/s1. The van der Waals surface area contributed by atoms with Gasteiger partial charge in [0.15, 0.2) is 0 Å². The van der Waals surface area contributed by atoms with E-state index in [4.69, 9.17) is 11.6 Å². The molecule has 1 fully saturated rings. The minimum Gasteiger partial charge on any atom is -0.258 e. The van der Waals surface area contributed by atoms with Crippen LogP contribution in [0.15, 0.2) is 16.9 Å². The molecule has 1 atom stereocenters. The number of hydrogen-bond acceptors (Lipinski definition) is 3. The molecular weight excluding hydrogens is 277 g/mol. The lowest BCUT2D eigenvalue weighted by molar-refractivity contribution is 0.190. The highest BCUT2D eigenvalue weighted by atomic mass is 79.9. The van der Waals surface area contributed by atoms with E-state index in [-0.39, 0.29) is 0 Å². The molecule has 2 rings (SSSR count). The third kappa shape index (κ3) is 2.33. The molecule has 0 amide bonds. The molecule has 1 aromatic rings. The normalized spacial score (nSPS) is 22.2. The lowest BCUT2D eigenvalue weighted by atomic mass is 10.1. The molecule has 15 heavy (non-hydrogen) atoms. The summed E-state index contributed by atoms with van der Waals surface area (Å²) in [6.07, 6.45) is 4.25. The number of pyridine rings is 1. The molecule has 0 radical (unpaired) electrons. The van der Waals surface area contributed by atoms with Crippen molar-refractivity contribution in [2.24, 2.45) is 0 Å². The molecule has 5 heteroatoms. The Morgan fingerprint density at radius 2 is 2.47 bits per heavy atom. The first-order valence-corrected chi connectivity index (χ1v) is 6.14. The monoisotopic (exact) mass is 289 g/mol. The first kappa shape index (κ1) is 11.3. The minimum absolute atomic E-state index is 0.396. The van der Waals surface area contributed by atoms with Crippen LogP contribution >= 0.6 is 27.5 Å². The molecule has 0 aliphatic carbocycles. The van der Waals surface area contributed by atoms with Crippen molar-refractivity contribution in [2.75, 3.05) is 13.6 Å². The summed E-state index contributed by atoms with van der Waals surface area (Å²) in [5.74, 6) is 0. The number of aromatic nitrogens is 1. The minimum atomic E-state index is 0.396. The number of nitrogens with one attached hydrogen (secondary N) is 1. The van der Waals surface area contributed by atoms with Crippen LogP contribution in [0, 0.1) is 0 Å². The summed E-state index contributed by atoms with van der Waals surface area (Å²) in [5, 5.41) is 2.90. The van der Waals surface area contributed by atoms with E-state index >= 15 is 0 Å². The summed E-state index contributed by atoms with van der Waals surface area (Å²) in [6, 6.07) is 2.38. The number of hydrogen-bond donors (Lipinski definition) is 1. The van der Waals surface area contributed by atoms with Gasteiger partial charge in [-0.1, -0.05) is 11.6 Å². The van der Waals surface area contributed by atoms with Crippen LogP contribution in [0.25, 0.3) is 0 Å². The van der Waals surface area contributed by atoms with Crippen molar-refractivity contribution in [1.29, 1.82) is 0 Å². The molecule has 3 nitrogen and oxygen atoms in total. The maximum atomic E-state index is 6.03. The fourth-order valence-electron chi connectivity index (χ4n) is 2.00. The van der Waals surface area contributed by atoms with Gasteiger partial charge in [0.2, 0.25) is 0 Å². The van der Waals surface area contributed by atoms with Gasteiger partial charge in [-0.05, 0) is 47.4 Å². The number of hydrazine groups is 1. The van der Waals surface area contributed by atoms with E-state index in [0.717, 1.165) is 13.0 Å². The molecule has 0 unspecified atom stereocenters. The Balaban J connectivity index is 2.25. The SMILES string of the molecule is CNN1CCC[C@H]1c1cnc(Br)c(Cl)c1. The van der Waals surface area contributed by atoms with Gasteiger partial charge in [-0.25, -0.2) is 9.99 Å². The Hall–Kier alpha value is -0.160. The van der Waals surface area contributed by atoms with Crippen LogP contribution < -0.4 is 5.43 Å². The lowest BCUT2D eigenvalue weighted by Gasteiger charge is -2.23. The molecule has 0 bridgehead atoms. The molecule has 1 aliphatic rings. The first-order valence-electron chi connectivity index (χ1n) is 4.97. The van der Waals surface area contributed by atoms with Gasteiger partial charge < -0.3 is 0 Å². The van der Waals surface area contributed by atoms with E-state index in [9.17, 15) is 0 Å². The quantitative estimate of drug-likeness (QED) is 0.849. The van der Waals surface area contributed by atoms with Crippen molar-refractivity contribution in [3.8, 4) is 0 Å². The van der Waals surface area contributed by atoms with E-state index in [1.54, 1.807) is 0 Å². The highest BCUT2D eigenvalue weighted by molar-refractivity contribution is 9.10. The number of rotatable bonds is 2. The molecule has 1 aliphatic heterocycles. The average Bonchev–Trinajstić information content (AvgIpc) is 2.70. The zero-order chi connectivity index (χ0) is 10.8. The largest absolute Gasteiger partial charge is 0.258 e. The Bertz CT molecular complexity index is 359. The second-order valence-corrected chi connectivity index (χ2v) is 4.77.